The van der Waals surface area contributed by atoms with Gasteiger partial charge in [0.25, 0.3) is 5.91 Å². The molecule has 0 aromatic heterocycles. The van der Waals surface area contributed by atoms with Crippen LogP contribution < -0.4 is 10.0 Å². The Hall–Kier alpha value is -2.58. The summed E-state index contributed by atoms with van der Waals surface area (Å²) in [6.45, 7) is 0. The average molecular weight is 383 g/mol. The maximum Gasteiger partial charge on any atom is 0.337 e. The van der Waals surface area contributed by atoms with E-state index in [1.54, 1.807) is 18.2 Å². The van der Waals surface area contributed by atoms with E-state index in [2.05, 4.69) is 14.8 Å². The van der Waals surface area contributed by atoms with Crippen LogP contribution in [0.1, 0.15) is 20.7 Å². The summed E-state index contributed by atoms with van der Waals surface area (Å²) in [7, 11) is -2.18. The van der Waals surface area contributed by atoms with Crippen molar-refractivity contribution < 1.29 is 22.7 Å². The normalized spacial score (nSPS) is 10.8. The van der Waals surface area contributed by atoms with E-state index in [4.69, 9.17) is 11.6 Å². The van der Waals surface area contributed by atoms with Crippen molar-refractivity contribution in [2.45, 2.75) is 0 Å². The summed E-state index contributed by atoms with van der Waals surface area (Å²) in [5.74, 6) is -1.02. The van der Waals surface area contributed by atoms with Crippen molar-refractivity contribution in [2.24, 2.45) is 0 Å². The van der Waals surface area contributed by atoms with Gasteiger partial charge in [0.05, 0.1) is 29.5 Å². The van der Waals surface area contributed by atoms with Crippen LogP contribution in [0.5, 0.6) is 0 Å². The second-order valence-corrected chi connectivity index (χ2v) is 7.25. The molecular weight excluding hydrogens is 368 g/mol. The second-order valence-electron chi connectivity index (χ2n) is 5.10. The van der Waals surface area contributed by atoms with Crippen LogP contribution in [-0.2, 0) is 14.8 Å². The molecular formula is C16H15ClN2O5S. The molecule has 0 atom stereocenters. The zero-order chi connectivity index (χ0) is 18.6. The fourth-order valence-corrected chi connectivity index (χ4v) is 2.84. The number of carbonyl (C=O) groups is 2. The zero-order valence-electron chi connectivity index (χ0n) is 13.4. The first-order valence-corrected chi connectivity index (χ1v) is 9.23. The van der Waals surface area contributed by atoms with Gasteiger partial charge >= 0.3 is 5.97 Å². The summed E-state index contributed by atoms with van der Waals surface area (Å²) < 4.78 is 29.3. The van der Waals surface area contributed by atoms with E-state index in [9.17, 15) is 18.0 Å². The maximum absolute atomic E-state index is 12.3. The number of amides is 1. The number of hydrogen-bond donors (Lipinski definition) is 2. The molecule has 0 radical (unpaired) electrons. The number of esters is 1. The van der Waals surface area contributed by atoms with Gasteiger partial charge in [-0.1, -0.05) is 17.7 Å². The smallest absolute Gasteiger partial charge is 0.337 e. The number of carbonyl (C=O) groups excluding carboxylic acids is 2. The number of hydrogen-bond acceptors (Lipinski definition) is 5. The molecule has 0 aliphatic carbocycles. The minimum Gasteiger partial charge on any atom is -0.465 e. The number of sulfonamides is 1. The first-order chi connectivity index (χ1) is 11.7. The number of rotatable bonds is 5. The molecule has 0 fully saturated rings. The molecule has 132 valence electrons. The van der Waals surface area contributed by atoms with Gasteiger partial charge in [0.1, 0.15) is 0 Å². The van der Waals surface area contributed by atoms with E-state index >= 15 is 0 Å². The predicted molar refractivity (Wildman–Crippen MR) is 95.7 cm³/mol. The second kappa shape index (κ2) is 7.54. The third kappa shape index (κ3) is 5.20. The summed E-state index contributed by atoms with van der Waals surface area (Å²) in [5.41, 5.74) is 1.09. The molecule has 1 amide bonds. The average Bonchev–Trinajstić information content (AvgIpc) is 2.52. The third-order valence-electron chi connectivity index (χ3n) is 3.06. The molecule has 0 saturated carbocycles. The Bertz CT molecular complexity index is 928. The fourth-order valence-electron chi connectivity index (χ4n) is 2.02. The van der Waals surface area contributed by atoms with Crippen LogP contribution in [-0.4, -0.2) is 33.7 Å². The Morgan fingerprint density at radius 1 is 1.08 bits per heavy atom. The monoisotopic (exact) mass is 382 g/mol. The van der Waals surface area contributed by atoms with Gasteiger partial charge in [-0.15, -0.1) is 0 Å². The van der Waals surface area contributed by atoms with Crippen LogP contribution >= 0.6 is 11.6 Å². The Balaban J connectivity index is 2.20. The maximum atomic E-state index is 12.3. The highest BCUT2D eigenvalue weighted by Gasteiger charge is 2.13. The van der Waals surface area contributed by atoms with Crippen LogP contribution in [0.2, 0.25) is 5.02 Å². The third-order valence-corrected chi connectivity index (χ3v) is 3.98. The van der Waals surface area contributed by atoms with Crippen LogP contribution in [0.15, 0.2) is 42.5 Å². The molecule has 25 heavy (non-hydrogen) atoms. The number of nitrogens with one attached hydrogen (secondary N) is 2. The van der Waals surface area contributed by atoms with Crippen molar-refractivity contribution in [3.05, 3.63) is 58.6 Å². The first-order valence-electron chi connectivity index (χ1n) is 6.96. The predicted octanol–water partition coefficient (Wildman–Crippen LogP) is 2.75. The number of halogens is 1. The highest BCUT2D eigenvalue weighted by atomic mass is 35.5. The first kappa shape index (κ1) is 18.8. The van der Waals surface area contributed by atoms with Gasteiger partial charge < -0.3 is 10.1 Å². The molecule has 2 rings (SSSR count). The highest BCUT2D eigenvalue weighted by molar-refractivity contribution is 7.92. The Kier molecular flexibility index (Phi) is 5.66. The molecule has 0 bridgehead atoms. The van der Waals surface area contributed by atoms with E-state index in [0.717, 1.165) is 6.26 Å². The Labute approximate surface area is 150 Å². The highest BCUT2D eigenvalue weighted by Crippen LogP contribution is 2.23. The van der Waals surface area contributed by atoms with Crippen molar-refractivity contribution in [1.82, 2.24) is 0 Å². The molecule has 0 heterocycles. The van der Waals surface area contributed by atoms with Gasteiger partial charge in [0, 0.05) is 11.4 Å². The summed E-state index contributed by atoms with van der Waals surface area (Å²) in [5, 5.41) is 2.70. The van der Waals surface area contributed by atoms with Crippen LogP contribution in [0, 0.1) is 0 Å². The van der Waals surface area contributed by atoms with Crippen molar-refractivity contribution in [3.63, 3.8) is 0 Å². The molecule has 0 aliphatic heterocycles. The van der Waals surface area contributed by atoms with Crippen molar-refractivity contribution >= 4 is 44.9 Å². The van der Waals surface area contributed by atoms with Gasteiger partial charge in [-0.3, -0.25) is 9.52 Å². The Morgan fingerprint density at radius 3 is 2.40 bits per heavy atom. The molecule has 0 aliphatic rings. The van der Waals surface area contributed by atoms with E-state index in [0.29, 0.717) is 11.3 Å². The lowest BCUT2D eigenvalue weighted by molar-refractivity contribution is 0.0600. The molecule has 2 aromatic carbocycles. The number of benzene rings is 2. The van der Waals surface area contributed by atoms with Gasteiger partial charge in [0.15, 0.2) is 0 Å². The summed E-state index contributed by atoms with van der Waals surface area (Å²) in [4.78, 5) is 23.8. The van der Waals surface area contributed by atoms with Crippen LogP contribution in [0.4, 0.5) is 11.4 Å². The molecule has 2 aromatic rings. The van der Waals surface area contributed by atoms with E-state index in [-0.39, 0.29) is 16.3 Å². The van der Waals surface area contributed by atoms with E-state index in [1.165, 1.54) is 31.4 Å². The number of anilines is 2. The summed E-state index contributed by atoms with van der Waals surface area (Å²) in [6.07, 6.45) is 1.01. The SMILES string of the molecule is COC(=O)c1cccc(NC(=O)c2ccc(NS(C)(=O)=O)cc2Cl)c1. The molecule has 0 saturated heterocycles. The lowest BCUT2D eigenvalue weighted by atomic mass is 10.1. The van der Waals surface area contributed by atoms with Crippen LogP contribution in [0.3, 0.4) is 0 Å². The topological polar surface area (TPSA) is 102 Å². The minimum atomic E-state index is -3.44. The van der Waals surface area contributed by atoms with Gasteiger partial charge in [0.2, 0.25) is 10.0 Å². The largest absolute Gasteiger partial charge is 0.465 e. The van der Waals surface area contributed by atoms with Gasteiger partial charge in [-0.2, -0.15) is 0 Å². The Morgan fingerprint density at radius 2 is 1.80 bits per heavy atom. The standard InChI is InChI=1S/C16H15ClN2O5S/c1-24-16(21)10-4-3-5-11(8-10)18-15(20)13-7-6-12(9-14(13)17)19-25(2,22)23/h3-9,19H,1-2H3,(H,18,20). The minimum absolute atomic E-state index is 0.0790. The summed E-state index contributed by atoms with van der Waals surface area (Å²) >= 11 is 6.05. The van der Waals surface area contributed by atoms with E-state index in [1.807, 2.05) is 0 Å². The molecule has 0 spiro atoms. The number of ether oxygens (including phenoxy) is 1. The quantitative estimate of drug-likeness (QED) is 0.774. The molecule has 2 N–H and O–H groups in total. The molecule has 9 heteroatoms. The molecule has 0 unspecified atom stereocenters. The molecule has 7 nitrogen and oxygen atoms in total. The summed E-state index contributed by atoms with van der Waals surface area (Å²) in [6, 6.07) is 10.4. The zero-order valence-corrected chi connectivity index (χ0v) is 14.9. The van der Waals surface area contributed by atoms with Crippen molar-refractivity contribution in [1.29, 1.82) is 0 Å². The van der Waals surface area contributed by atoms with E-state index < -0.39 is 21.9 Å². The van der Waals surface area contributed by atoms with Gasteiger partial charge in [-0.05, 0) is 36.4 Å². The van der Waals surface area contributed by atoms with Crippen molar-refractivity contribution in [2.75, 3.05) is 23.4 Å². The number of methoxy groups -OCH3 is 1. The van der Waals surface area contributed by atoms with Crippen LogP contribution in [0.25, 0.3) is 0 Å². The van der Waals surface area contributed by atoms with Gasteiger partial charge in [-0.25, -0.2) is 13.2 Å². The lowest BCUT2D eigenvalue weighted by Crippen LogP contribution is -2.14. The lowest BCUT2D eigenvalue weighted by Gasteiger charge is -2.10. The van der Waals surface area contributed by atoms with Crippen molar-refractivity contribution in [3.8, 4) is 0 Å². The fraction of sp³-hybridized carbons (Fsp3) is 0.125.